The average Bonchev–Trinajstić information content (AvgIpc) is 2.89. The molecule has 5 rings (SSSR count). The quantitative estimate of drug-likeness (QED) is 0.0900. The van der Waals surface area contributed by atoms with Gasteiger partial charge in [-0.2, -0.15) is 0 Å². The molecule has 0 bridgehead atoms. The molecule has 0 atom stereocenters. The van der Waals surface area contributed by atoms with Crippen LogP contribution in [-0.2, 0) is 0 Å². The van der Waals surface area contributed by atoms with Crippen molar-refractivity contribution in [3.05, 3.63) is 64.2 Å². The zero-order valence-corrected chi connectivity index (χ0v) is 21.1. The van der Waals surface area contributed by atoms with Gasteiger partial charge in [-0.25, -0.2) is 0 Å². The number of rotatable bonds is 3. The molecule has 14 N–H and O–H groups in total. The molecule has 0 aliphatic carbocycles. The molecule has 35 heavy (non-hydrogen) atoms. The summed E-state index contributed by atoms with van der Waals surface area (Å²) >= 11 is -0.763. The smallest absolute Gasteiger partial charge is 0.0809 e. The molecule has 0 radical (unpaired) electrons. The number of fused-ring (bicyclic) bond motifs is 2. The molecule has 5 aromatic rings. The number of hydrogen-bond acceptors (Lipinski definition) is 7. The monoisotopic (exact) mass is 575 g/mol. The first-order valence-electron chi connectivity index (χ1n) is 10.8. The Morgan fingerprint density at radius 1 is 0.429 bits per heavy atom. The normalized spacial score (nSPS) is 11.3. The van der Waals surface area contributed by atoms with Gasteiger partial charge in [-0.15, -0.1) is 0 Å². The molecule has 8 heteroatoms. The van der Waals surface area contributed by atoms with Gasteiger partial charge in [-0.05, 0) is 11.1 Å². The van der Waals surface area contributed by atoms with Gasteiger partial charge in [0, 0.05) is 36.2 Å². The maximum atomic E-state index is 6.73. The molecule has 0 saturated carbocycles. The standard InChI is InChI=1S/C27H26IN7/c1-28-20-16-14(12-8-4-2-5-9-12)18-19(23(31)27(35)26(34)22(18)30)15(13-10-6-3-7-11-13)17(16)21(29)25(33)24(20)32/h2-11H,1,29-35H2. The highest BCUT2D eigenvalue weighted by molar-refractivity contribution is 14.2. The van der Waals surface area contributed by atoms with E-state index >= 15 is 0 Å². The van der Waals surface area contributed by atoms with E-state index in [2.05, 4.69) is 4.51 Å². The summed E-state index contributed by atoms with van der Waals surface area (Å²) in [6.07, 6.45) is 0. The topological polar surface area (TPSA) is 182 Å². The Morgan fingerprint density at radius 3 is 1.17 bits per heavy atom. The van der Waals surface area contributed by atoms with Crippen molar-refractivity contribution in [3.63, 3.8) is 0 Å². The van der Waals surface area contributed by atoms with Crippen molar-refractivity contribution in [2.24, 2.45) is 0 Å². The molecule has 0 unspecified atom stereocenters. The maximum absolute atomic E-state index is 6.73. The number of anilines is 7. The van der Waals surface area contributed by atoms with E-state index in [-0.39, 0.29) is 11.4 Å². The fourth-order valence-corrected chi connectivity index (χ4v) is 6.42. The lowest BCUT2D eigenvalue weighted by atomic mass is 9.83. The predicted octanol–water partition coefficient (Wildman–Crippen LogP) is 4.97. The Hall–Kier alpha value is -4.18. The van der Waals surface area contributed by atoms with E-state index in [1.807, 2.05) is 60.7 Å². The van der Waals surface area contributed by atoms with Gasteiger partial charge in [-0.3, -0.25) is 0 Å². The highest BCUT2D eigenvalue weighted by Gasteiger charge is 2.27. The molecular weight excluding hydrogens is 549 g/mol. The van der Waals surface area contributed by atoms with Crippen molar-refractivity contribution in [1.29, 1.82) is 0 Å². The molecule has 176 valence electrons. The van der Waals surface area contributed by atoms with Crippen LogP contribution in [0, 0.1) is 3.57 Å². The van der Waals surface area contributed by atoms with Crippen molar-refractivity contribution in [3.8, 4) is 22.3 Å². The number of nitrogen functional groups attached to an aromatic ring is 7. The van der Waals surface area contributed by atoms with Gasteiger partial charge < -0.3 is 40.1 Å². The minimum absolute atomic E-state index is 0.234. The summed E-state index contributed by atoms with van der Waals surface area (Å²) in [5, 5.41) is 3.00. The molecule has 0 fully saturated rings. The molecule has 0 saturated heterocycles. The molecule has 0 heterocycles. The minimum atomic E-state index is -0.763. The van der Waals surface area contributed by atoms with Gasteiger partial charge in [0.05, 0.1) is 39.8 Å². The molecule has 0 amide bonds. The van der Waals surface area contributed by atoms with Crippen LogP contribution in [0.15, 0.2) is 60.7 Å². The highest BCUT2D eigenvalue weighted by atomic mass is 127. The van der Waals surface area contributed by atoms with Gasteiger partial charge in [-0.1, -0.05) is 85.9 Å². The first-order chi connectivity index (χ1) is 16.8. The second kappa shape index (κ2) is 8.24. The fraction of sp³-hybridized carbons (Fsp3) is 0. The molecule has 5 aromatic carbocycles. The van der Waals surface area contributed by atoms with E-state index in [0.29, 0.717) is 39.2 Å². The van der Waals surface area contributed by atoms with E-state index in [9.17, 15) is 0 Å². The number of halogens is 1. The Labute approximate surface area is 212 Å². The highest BCUT2D eigenvalue weighted by Crippen LogP contribution is 2.55. The van der Waals surface area contributed by atoms with Gasteiger partial charge >= 0.3 is 0 Å². The maximum Gasteiger partial charge on any atom is 0.0809 e. The van der Waals surface area contributed by atoms with Crippen LogP contribution >= 0.6 is 20.7 Å². The lowest BCUT2D eigenvalue weighted by Gasteiger charge is -2.25. The van der Waals surface area contributed by atoms with Crippen LogP contribution < -0.4 is 40.1 Å². The lowest BCUT2D eigenvalue weighted by molar-refractivity contribution is 1.61. The summed E-state index contributed by atoms with van der Waals surface area (Å²) in [7, 11) is 0. The van der Waals surface area contributed by atoms with Crippen LogP contribution in [0.25, 0.3) is 43.8 Å². The third kappa shape index (κ3) is 3.13. The summed E-state index contributed by atoms with van der Waals surface area (Å²) in [5.41, 5.74) is 51.6. The van der Waals surface area contributed by atoms with E-state index in [1.54, 1.807) is 0 Å². The third-order valence-corrected chi connectivity index (χ3v) is 8.36. The van der Waals surface area contributed by atoms with Crippen molar-refractivity contribution < 1.29 is 0 Å². The second-order valence-electron chi connectivity index (χ2n) is 8.33. The van der Waals surface area contributed by atoms with Crippen LogP contribution in [0.2, 0.25) is 0 Å². The Balaban J connectivity index is 2.28. The molecule has 0 spiro atoms. The summed E-state index contributed by atoms with van der Waals surface area (Å²) in [4.78, 5) is 0. The van der Waals surface area contributed by atoms with Crippen LogP contribution in [0.3, 0.4) is 0 Å². The molecule has 0 aromatic heterocycles. The zero-order chi connectivity index (χ0) is 25.0. The zero-order valence-electron chi connectivity index (χ0n) is 18.9. The van der Waals surface area contributed by atoms with Crippen molar-refractivity contribution in [2.75, 3.05) is 40.1 Å². The van der Waals surface area contributed by atoms with Crippen molar-refractivity contribution in [1.82, 2.24) is 0 Å². The second-order valence-corrected chi connectivity index (χ2v) is 10.2. The summed E-state index contributed by atoms with van der Waals surface area (Å²) < 4.78 is 5.15. The van der Waals surface area contributed by atoms with E-state index in [0.717, 1.165) is 36.6 Å². The Kier molecular flexibility index (Phi) is 5.32. The number of benzene rings is 5. The largest absolute Gasteiger partial charge is 0.396 e. The first-order valence-corrected chi connectivity index (χ1v) is 13.4. The molecular formula is C27H26IN7. The van der Waals surface area contributed by atoms with E-state index < -0.39 is 20.7 Å². The third-order valence-electron chi connectivity index (χ3n) is 6.47. The van der Waals surface area contributed by atoms with Crippen LogP contribution in [0.1, 0.15) is 0 Å². The predicted molar refractivity (Wildman–Crippen MR) is 163 cm³/mol. The average molecular weight is 575 g/mol. The Bertz CT molecular complexity index is 1660. The fourth-order valence-electron chi connectivity index (χ4n) is 4.80. The molecule has 7 nitrogen and oxygen atoms in total. The SMILES string of the molecule is C=Ic1c(N)c(N)c(N)c2c(-c3ccccc3)c3c(N)c(N)c(N)c(N)c3c(-c3ccccc3)c12. The summed E-state index contributed by atoms with van der Waals surface area (Å²) in [5.74, 6) is 0. The van der Waals surface area contributed by atoms with Crippen molar-refractivity contribution >= 4 is 86.6 Å². The lowest BCUT2D eigenvalue weighted by Crippen LogP contribution is -2.09. The summed E-state index contributed by atoms with van der Waals surface area (Å²) in [6.45, 7) is 0. The Morgan fingerprint density at radius 2 is 0.771 bits per heavy atom. The van der Waals surface area contributed by atoms with Crippen LogP contribution in [0.4, 0.5) is 39.8 Å². The van der Waals surface area contributed by atoms with Gasteiger partial charge in [0.25, 0.3) is 0 Å². The van der Waals surface area contributed by atoms with Crippen LogP contribution in [0.5, 0.6) is 0 Å². The van der Waals surface area contributed by atoms with Gasteiger partial charge in [0.1, 0.15) is 0 Å². The first kappa shape index (κ1) is 22.6. The number of hydrogen-bond donors (Lipinski definition) is 7. The van der Waals surface area contributed by atoms with Gasteiger partial charge in [0.2, 0.25) is 0 Å². The molecule has 0 aliphatic rings. The minimum Gasteiger partial charge on any atom is -0.396 e. The summed E-state index contributed by atoms with van der Waals surface area (Å²) in [6, 6.07) is 19.7. The van der Waals surface area contributed by atoms with E-state index in [1.165, 1.54) is 0 Å². The molecule has 0 aliphatic heterocycles. The number of nitrogens with two attached hydrogens (primary N) is 7. The van der Waals surface area contributed by atoms with Gasteiger partial charge in [0.15, 0.2) is 0 Å². The van der Waals surface area contributed by atoms with Crippen LogP contribution in [-0.4, -0.2) is 4.51 Å². The van der Waals surface area contributed by atoms with E-state index in [4.69, 9.17) is 40.1 Å². The van der Waals surface area contributed by atoms with Crippen molar-refractivity contribution in [2.45, 2.75) is 0 Å².